The Morgan fingerprint density at radius 2 is 2.38 bits per heavy atom. The lowest BCUT2D eigenvalue weighted by atomic mass is 10.2. The zero-order valence-electron chi connectivity index (χ0n) is 4.46. The monoisotopic (exact) mass is 107 g/mol. The largest absolute Gasteiger partial charge is 0.388 e. The first kappa shape index (κ1) is 5.23. The van der Waals surface area contributed by atoms with Gasteiger partial charge in [0.2, 0.25) is 0 Å². The molecule has 0 aromatic carbocycles. The first-order chi connectivity index (χ1) is 3.93. The van der Waals surface area contributed by atoms with Gasteiger partial charge in [0.05, 0.1) is 6.08 Å². The zero-order chi connectivity index (χ0) is 5.82. The van der Waals surface area contributed by atoms with Crippen LogP contribution in [0, 0.1) is 6.08 Å². The SMILES string of the molecule is OCC1=CC=CC=[C+]1. The van der Waals surface area contributed by atoms with Gasteiger partial charge in [0, 0.05) is 18.2 Å². The topological polar surface area (TPSA) is 20.2 Å². The Morgan fingerprint density at radius 3 is 2.75 bits per heavy atom. The Bertz CT molecular complexity index is 152. The summed E-state index contributed by atoms with van der Waals surface area (Å²) in [5, 5.41) is 8.51. The molecule has 1 nitrogen and oxygen atoms in total. The van der Waals surface area contributed by atoms with Crippen LogP contribution in [0.5, 0.6) is 0 Å². The van der Waals surface area contributed by atoms with Crippen molar-refractivity contribution in [2.24, 2.45) is 0 Å². The van der Waals surface area contributed by atoms with E-state index in [4.69, 9.17) is 5.11 Å². The van der Waals surface area contributed by atoms with Crippen molar-refractivity contribution in [2.75, 3.05) is 6.61 Å². The smallest absolute Gasteiger partial charge is 0.141 e. The van der Waals surface area contributed by atoms with Crippen LogP contribution in [-0.4, -0.2) is 11.7 Å². The van der Waals surface area contributed by atoms with Crippen molar-refractivity contribution >= 4 is 0 Å². The van der Waals surface area contributed by atoms with Gasteiger partial charge in [0.15, 0.2) is 0 Å². The van der Waals surface area contributed by atoms with Crippen LogP contribution in [0.2, 0.25) is 0 Å². The lowest BCUT2D eigenvalue weighted by Gasteiger charge is -1.84. The summed E-state index contributed by atoms with van der Waals surface area (Å²) >= 11 is 0. The molecule has 0 unspecified atom stereocenters. The van der Waals surface area contributed by atoms with Crippen LogP contribution >= 0.6 is 0 Å². The summed E-state index contributed by atoms with van der Waals surface area (Å²) < 4.78 is 0. The van der Waals surface area contributed by atoms with Gasteiger partial charge < -0.3 is 5.11 Å². The van der Waals surface area contributed by atoms with E-state index in [1.54, 1.807) is 6.08 Å². The van der Waals surface area contributed by atoms with Crippen molar-refractivity contribution in [1.29, 1.82) is 0 Å². The Labute approximate surface area is 48.6 Å². The molecule has 40 valence electrons. The number of hydrogen-bond donors (Lipinski definition) is 1. The molecule has 0 radical (unpaired) electrons. The zero-order valence-corrected chi connectivity index (χ0v) is 4.46. The lowest BCUT2D eigenvalue weighted by molar-refractivity contribution is 0.334. The molecule has 1 aliphatic rings. The normalized spacial score (nSPS) is 15.4. The van der Waals surface area contributed by atoms with Crippen LogP contribution in [-0.2, 0) is 0 Å². The van der Waals surface area contributed by atoms with Gasteiger partial charge in [-0.15, -0.1) is 0 Å². The third kappa shape index (κ3) is 1.03. The number of aliphatic hydroxyl groups excluding tert-OH is 1. The van der Waals surface area contributed by atoms with Crippen molar-refractivity contribution in [3.63, 3.8) is 0 Å². The van der Waals surface area contributed by atoms with Gasteiger partial charge in [0.25, 0.3) is 0 Å². The molecular weight excluding hydrogens is 100 g/mol. The highest BCUT2D eigenvalue weighted by molar-refractivity contribution is 5.27. The molecule has 8 heavy (non-hydrogen) atoms. The average molecular weight is 107 g/mol. The second kappa shape index (κ2) is 2.41. The summed E-state index contributed by atoms with van der Waals surface area (Å²) in [5.74, 6) is 0. The van der Waals surface area contributed by atoms with E-state index in [-0.39, 0.29) is 6.61 Å². The Kier molecular flexibility index (Phi) is 1.58. The van der Waals surface area contributed by atoms with E-state index in [0.717, 1.165) is 5.57 Å². The molecule has 0 bridgehead atoms. The summed E-state index contributed by atoms with van der Waals surface area (Å²) in [7, 11) is 0. The van der Waals surface area contributed by atoms with Crippen LogP contribution in [0.15, 0.2) is 29.9 Å². The summed E-state index contributed by atoms with van der Waals surface area (Å²) in [6.07, 6.45) is 10.2. The van der Waals surface area contributed by atoms with Gasteiger partial charge >= 0.3 is 0 Å². The van der Waals surface area contributed by atoms with Crippen LogP contribution < -0.4 is 0 Å². The van der Waals surface area contributed by atoms with E-state index < -0.39 is 0 Å². The van der Waals surface area contributed by atoms with Gasteiger partial charge in [0.1, 0.15) is 18.3 Å². The van der Waals surface area contributed by atoms with Crippen molar-refractivity contribution in [2.45, 2.75) is 0 Å². The molecule has 0 aromatic rings. The van der Waals surface area contributed by atoms with E-state index in [1.807, 2.05) is 18.2 Å². The van der Waals surface area contributed by atoms with Crippen LogP contribution in [0.4, 0.5) is 0 Å². The van der Waals surface area contributed by atoms with Gasteiger partial charge in [-0.05, 0) is 0 Å². The number of allylic oxidation sites excluding steroid dienone is 4. The first-order valence-electron chi connectivity index (χ1n) is 2.50. The predicted octanol–water partition coefficient (Wildman–Crippen LogP) is 0.834. The highest BCUT2D eigenvalue weighted by Gasteiger charge is 1.98. The lowest BCUT2D eigenvalue weighted by Crippen LogP contribution is -1.86. The minimum Gasteiger partial charge on any atom is -0.388 e. The van der Waals surface area contributed by atoms with Crippen molar-refractivity contribution < 1.29 is 5.11 Å². The second-order valence-corrected chi connectivity index (χ2v) is 1.55. The molecule has 0 atom stereocenters. The average Bonchev–Trinajstić information content (AvgIpc) is 1.90. The molecule has 1 N–H and O–H groups in total. The molecule has 0 spiro atoms. The van der Waals surface area contributed by atoms with Crippen molar-refractivity contribution in [3.05, 3.63) is 36.0 Å². The number of aliphatic hydroxyl groups is 1. The summed E-state index contributed by atoms with van der Waals surface area (Å²) in [6, 6.07) is 0. The number of hydrogen-bond acceptors (Lipinski definition) is 1. The van der Waals surface area contributed by atoms with Crippen molar-refractivity contribution in [1.82, 2.24) is 0 Å². The predicted molar refractivity (Wildman–Crippen MR) is 32.1 cm³/mol. The van der Waals surface area contributed by atoms with E-state index in [2.05, 4.69) is 6.08 Å². The molecule has 1 heteroatoms. The molecule has 0 saturated carbocycles. The molecule has 1 rings (SSSR count). The Balaban J connectivity index is 2.68. The Morgan fingerprint density at radius 1 is 1.50 bits per heavy atom. The first-order valence-corrected chi connectivity index (χ1v) is 2.50. The fourth-order valence-electron chi connectivity index (χ4n) is 0.529. The molecular formula is C7H7O+. The Hall–Kier alpha value is -0.910. The van der Waals surface area contributed by atoms with Crippen LogP contribution in [0.25, 0.3) is 0 Å². The summed E-state index contributed by atoms with van der Waals surface area (Å²) in [6.45, 7) is 0.0842. The van der Waals surface area contributed by atoms with Crippen LogP contribution in [0.3, 0.4) is 0 Å². The van der Waals surface area contributed by atoms with E-state index in [9.17, 15) is 0 Å². The molecule has 0 fully saturated rings. The molecule has 1 aliphatic carbocycles. The highest BCUT2D eigenvalue weighted by atomic mass is 16.3. The van der Waals surface area contributed by atoms with Gasteiger partial charge in [-0.1, -0.05) is 0 Å². The third-order valence-corrected chi connectivity index (χ3v) is 0.944. The summed E-state index contributed by atoms with van der Waals surface area (Å²) in [4.78, 5) is 0. The number of rotatable bonds is 1. The standard InChI is InChI=1S/C7H7O/c8-6-7-4-2-1-3-5-7/h1-4,8H,6H2/q+1. The minimum atomic E-state index is 0.0842. The van der Waals surface area contributed by atoms with Crippen LogP contribution in [0.1, 0.15) is 0 Å². The molecule has 0 saturated heterocycles. The maximum Gasteiger partial charge on any atom is 0.141 e. The quantitative estimate of drug-likeness (QED) is 0.492. The summed E-state index contributed by atoms with van der Waals surface area (Å²) in [5.41, 5.74) is 0.840. The van der Waals surface area contributed by atoms with E-state index >= 15 is 0 Å². The van der Waals surface area contributed by atoms with Gasteiger partial charge in [-0.25, -0.2) is 0 Å². The maximum absolute atomic E-state index is 8.51. The minimum absolute atomic E-state index is 0.0842. The maximum atomic E-state index is 8.51. The van der Waals surface area contributed by atoms with Gasteiger partial charge in [-0.2, -0.15) is 0 Å². The van der Waals surface area contributed by atoms with E-state index in [1.165, 1.54) is 0 Å². The van der Waals surface area contributed by atoms with Gasteiger partial charge in [-0.3, -0.25) is 0 Å². The fraction of sp³-hybridized carbons (Fsp3) is 0.143. The molecule has 0 amide bonds. The van der Waals surface area contributed by atoms with Crippen molar-refractivity contribution in [3.8, 4) is 0 Å². The highest BCUT2D eigenvalue weighted by Crippen LogP contribution is 1.99. The molecule has 0 aromatic heterocycles. The van der Waals surface area contributed by atoms with E-state index in [0.29, 0.717) is 0 Å². The second-order valence-electron chi connectivity index (χ2n) is 1.55. The fourth-order valence-corrected chi connectivity index (χ4v) is 0.529. The molecule has 0 aliphatic heterocycles. The third-order valence-electron chi connectivity index (χ3n) is 0.944. The molecule has 0 heterocycles.